The monoisotopic (exact) mass is 460 g/mol. The second-order valence-corrected chi connectivity index (χ2v) is 8.03. The summed E-state index contributed by atoms with van der Waals surface area (Å²) in [5, 5.41) is 24.6. The number of non-ortho nitro benzene ring substituents is 1. The summed E-state index contributed by atoms with van der Waals surface area (Å²) in [7, 11) is 0. The Bertz CT molecular complexity index is 1200. The zero-order valence-corrected chi connectivity index (χ0v) is 18.5. The molecule has 3 aromatic rings. The number of hydrogen-bond donors (Lipinski definition) is 2. The minimum absolute atomic E-state index is 0.0518. The summed E-state index contributed by atoms with van der Waals surface area (Å²) in [6.45, 7) is 1.67. The first-order chi connectivity index (χ1) is 16.4. The molecule has 0 aromatic heterocycles. The van der Waals surface area contributed by atoms with Crippen molar-refractivity contribution in [2.75, 3.05) is 6.61 Å². The molecule has 4 rings (SSSR count). The van der Waals surface area contributed by atoms with E-state index in [9.17, 15) is 24.8 Å². The number of nitro groups is 1. The SMILES string of the molecule is CCOC(=O)C(NC(=O)CC1c2ccccc2-c2ccccc21)C(O)c1cccc([N+](=O)[O-])c1. The molecule has 3 aromatic carbocycles. The third-order valence-corrected chi connectivity index (χ3v) is 5.95. The van der Waals surface area contributed by atoms with Crippen LogP contribution in [0, 0.1) is 10.1 Å². The van der Waals surface area contributed by atoms with E-state index in [1.165, 1.54) is 24.3 Å². The predicted octanol–water partition coefficient (Wildman–Crippen LogP) is 3.88. The molecule has 174 valence electrons. The number of aliphatic hydroxyl groups is 1. The molecule has 2 unspecified atom stereocenters. The summed E-state index contributed by atoms with van der Waals surface area (Å²) in [6, 6.07) is 19.6. The fraction of sp³-hybridized carbons (Fsp3) is 0.231. The van der Waals surface area contributed by atoms with E-state index in [1.54, 1.807) is 6.92 Å². The molecule has 2 N–H and O–H groups in total. The van der Waals surface area contributed by atoms with Gasteiger partial charge in [-0.3, -0.25) is 14.9 Å². The van der Waals surface area contributed by atoms with Gasteiger partial charge in [-0.1, -0.05) is 60.7 Å². The molecule has 0 saturated carbocycles. The smallest absolute Gasteiger partial charge is 0.331 e. The summed E-state index contributed by atoms with van der Waals surface area (Å²) >= 11 is 0. The molecular formula is C26H24N2O6. The molecule has 1 aliphatic rings. The van der Waals surface area contributed by atoms with Gasteiger partial charge in [-0.2, -0.15) is 0 Å². The van der Waals surface area contributed by atoms with Gasteiger partial charge < -0.3 is 15.2 Å². The standard InChI is InChI=1S/C26H24N2O6/c1-2-34-26(31)24(25(30)16-8-7-9-17(14-16)28(32)33)27-23(29)15-22-20-12-5-3-10-18(20)19-11-4-6-13-21(19)22/h3-14,22,24-25,30H,2,15H2,1H3,(H,27,29). The number of nitrogens with one attached hydrogen (secondary N) is 1. The summed E-state index contributed by atoms with van der Waals surface area (Å²) < 4.78 is 5.06. The number of amides is 1. The number of carbonyl (C=O) groups is 2. The molecule has 8 heteroatoms. The van der Waals surface area contributed by atoms with Crippen LogP contribution in [0.25, 0.3) is 11.1 Å². The number of esters is 1. The van der Waals surface area contributed by atoms with Crippen molar-refractivity contribution in [3.05, 3.63) is 99.6 Å². The van der Waals surface area contributed by atoms with Crippen LogP contribution in [0.4, 0.5) is 5.69 Å². The lowest BCUT2D eigenvalue weighted by molar-refractivity contribution is -0.385. The Labute approximate surface area is 196 Å². The first-order valence-corrected chi connectivity index (χ1v) is 11.0. The van der Waals surface area contributed by atoms with Crippen molar-refractivity contribution in [3.63, 3.8) is 0 Å². The van der Waals surface area contributed by atoms with Crippen molar-refractivity contribution in [3.8, 4) is 11.1 Å². The lowest BCUT2D eigenvalue weighted by atomic mass is 9.93. The van der Waals surface area contributed by atoms with Gasteiger partial charge in [0.25, 0.3) is 5.69 Å². The number of hydrogen-bond acceptors (Lipinski definition) is 6. The van der Waals surface area contributed by atoms with Gasteiger partial charge in [0.15, 0.2) is 6.04 Å². The van der Waals surface area contributed by atoms with Crippen molar-refractivity contribution in [1.29, 1.82) is 0 Å². The maximum absolute atomic E-state index is 13.1. The van der Waals surface area contributed by atoms with E-state index in [4.69, 9.17) is 4.74 Å². The number of carbonyl (C=O) groups excluding carboxylic acids is 2. The van der Waals surface area contributed by atoms with Gasteiger partial charge in [-0.25, -0.2) is 4.79 Å². The molecule has 1 aliphatic carbocycles. The number of fused-ring (bicyclic) bond motifs is 3. The summed E-state index contributed by atoms with van der Waals surface area (Å²) in [5.74, 6) is -1.47. The van der Waals surface area contributed by atoms with Gasteiger partial charge in [0.05, 0.1) is 11.5 Å². The summed E-state index contributed by atoms with van der Waals surface area (Å²) in [4.78, 5) is 36.2. The lowest BCUT2D eigenvalue weighted by Crippen LogP contribution is -2.46. The summed E-state index contributed by atoms with van der Waals surface area (Å²) in [5.41, 5.74) is 4.06. The Morgan fingerprint density at radius 3 is 2.24 bits per heavy atom. The van der Waals surface area contributed by atoms with Crippen LogP contribution < -0.4 is 5.32 Å². The van der Waals surface area contributed by atoms with Crippen molar-refractivity contribution in [2.24, 2.45) is 0 Å². The largest absolute Gasteiger partial charge is 0.464 e. The van der Waals surface area contributed by atoms with Crippen LogP contribution in [0.2, 0.25) is 0 Å². The van der Waals surface area contributed by atoms with E-state index in [1.807, 2.05) is 48.5 Å². The molecule has 0 bridgehead atoms. The number of nitro benzene ring substituents is 1. The van der Waals surface area contributed by atoms with Gasteiger partial charge in [0.2, 0.25) is 5.91 Å². The van der Waals surface area contributed by atoms with E-state index < -0.39 is 28.9 Å². The van der Waals surface area contributed by atoms with Crippen molar-refractivity contribution >= 4 is 17.6 Å². The Morgan fingerprint density at radius 1 is 1.03 bits per heavy atom. The molecule has 0 heterocycles. The highest BCUT2D eigenvalue weighted by molar-refractivity contribution is 5.88. The number of ether oxygens (including phenoxy) is 1. The van der Waals surface area contributed by atoms with Crippen LogP contribution in [-0.4, -0.2) is 34.6 Å². The second-order valence-electron chi connectivity index (χ2n) is 8.03. The third kappa shape index (κ3) is 4.53. The molecule has 0 fully saturated rings. The van der Waals surface area contributed by atoms with Crippen LogP contribution in [0.3, 0.4) is 0 Å². The van der Waals surface area contributed by atoms with Crippen LogP contribution in [0.5, 0.6) is 0 Å². The maximum Gasteiger partial charge on any atom is 0.331 e. The number of benzene rings is 3. The zero-order valence-electron chi connectivity index (χ0n) is 18.5. The zero-order chi connectivity index (χ0) is 24.2. The van der Waals surface area contributed by atoms with Gasteiger partial charge in [0.1, 0.15) is 6.10 Å². The normalized spacial score (nSPS) is 13.9. The van der Waals surface area contributed by atoms with Crippen LogP contribution in [-0.2, 0) is 14.3 Å². The average molecular weight is 460 g/mol. The number of rotatable bonds is 8. The van der Waals surface area contributed by atoms with Crippen molar-refractivity contribution in [1.82, 2.24) is 5.32 Å². The maximum atomic E-state index is 13.1. The van der Waals surface area contributed by atoms with E-state index in [2.05, 4.69) is 5.32 Å². The first kappa shape index (κ1) is 23.1. The molecule has 34 heavy (non-hydrogen) atoms. The van der Waals surface area contributed by atoms with Gasteiger partial charge >= 0.3 is 5.97 Å². The Kier molecular flexibility index (Phi) is 6.70. The fourth-order valence-corrected chi connectivity index (χ4v) is 4.41. The second kappa shape index (κ2) is 9.84. The molecule has 2 atom stereocenters. The van der Waals surface area contributed by atoms with Gasteiger partial charge in [-0.05, 0) is 34.7 Å². The average Bonchev–Trinajstić information content (AvgIpc) is 3.16. The molecule has 0 spiro atoms. The summed E-state index contributed by atoms with van der Waals surface area (Å²) in [6.07, 6.45) is -1.46. The van der Waals surface area contributed by atoms with Crippen LogP contribution in [0.15, 0.2) is 72.8 Å². The van der Waals surface area contributed by atoms with Crippen LogP contribution >= 0.6 is 0 Å². The van der Waals surface area contributed by atoms with Gasteiger partial charge in [0, 0.05) is 24.5 Å². The van der Waals surface area contributed by atoms with E-state index >= 15 is 0 Å². The predicted molar refractivity (Wildman–Crippen MR) is 125 cm³/mol. The van der Waals surface area contributed by atoms with Gasteiger partial charge in [-0.15, -0.1) is 0 Å². The quantitative estimate of drug-likeness (QED) is 0.299. The topological polar surface area (TPSA) is 119 Å². The third-order valence-electron chi connectivity index (χ3n) is 5.95. The highest BCUT2D eigenvalue weighted by Gasteiger charge is 2.34. The molecule has 1 amide bonds. The molecular weight excluding hydrogens is 436 g/mol. The minimum atomic E-state index is -1.52. The van der Waals surface area contributed by atoms with E-state index in [0.717, 1.165) is 22.3 Å². The first-order valence-electron chi connectivity index (χ1n) is 11.0. The van der Waals surface area contributed by atoms with Crippen molar-refractivity contribution in [2.45, 2.75) is 31.4 Å². The Balaban J connectivity index is 1.58. The highest BCUT2D eigenvalue weighted by Crippen LogP contribution is 2.46. The Morgan fingerprint density at radius 2 is 1.65 bits per heavy atom. The van der Waals surface area contributed by atoms with E-state index in [0.29, 0.717) is 0 Å². The number of nitrogens with zero attached hydrogens (tertiary/aromatic N) is 1. The number of aliphatic hydroxyl groups excluding tert-OH is 1. The van der Waals surface area contributed by atoms with E-state index in [-0.39, 0.29) is 30.2 Å². The molecule has 8 nitrogen and oxygen atoms in total. The molecule has 0 radical (unpaired) electrons. The fourth-order valence-electron chi connectivity index (χ4n) is 4.41. The van der Waals surface area contributed by atoms with Crippen LogP contribution in [0.1, 0.15) is 42.1 Å². The lowest BCUT2D eigenvalue weighted by Gasteiger charge is -2.24. The highest BCUT2D eigenvalue weighted by atomic mass is 16.6. The molecule has 0 aliphatic heterocycles. The minimum Gasteiger partial charge on any atom is -0.464 e. The van der Waals surface area contributed by atoms with Crippen molar-refractivity contribution < 1.29 is 24.4 Å². The Hall–Kier alpha value is -4.04. The molecule has 0 saturated heterocycles.